The van der Waals surface area contributed by atoms with Crippen molar-refractivity contribution in [2.75, 3.05) is 17.7 Å². The van der Waals surface area contributed by atoms with E-state index in [0.717, 1.165) is 18.7 Å². The molecule has 4 heteroatoms. The topological polar surface area (TPSA) is 55.0 Å². The molecule has 1 unspecified atom stereocenters. The molecule has 0 aliphatic heterocycles. The summed E-state index contributed by atoms with van der Waals surface area (Å²) in [6, 6.07) is 10.8. The quantitative estimate of drug-likeness (QED) is 0.874. The second kappa shape index (κ2) is 4.29. The fourth-order valence-electron chi connectivity index (χ4n) is 2.65. The first-order valence-electron chi connectivity index (χ1n) is 6.14. The average Bonchev–Trinajstić information content (AvgIpc) is 2.82. The molecule has 1 aromatic carbocycles. The minimum atomic E-state index is 0.385. The number of anilines is 2. The van der Waals surface area contributed by atoms with Gasteiger partial charge in [-0.3, -0.25) is 0 Å². The van der Waals surface area contributed by atoms with Crippen LogP contribution in [0.1, 0.15) is 23.6 Å². The average molecular weight is 240 g/mol. The summed E-state index contributed by atoms with van der Waals surface area (Å²) in [5.74, 6) is 1.39. The normalized spacial score (nSPS) is 17.5. The lowest BCUT2D eigenvalue weighted by Gasteiger charge is -2.26. The van der Waals surface area contributed by atoms with Crippen molar-refractivity contribution >= 4 is 11.6 Å². The number of aryl methyl sites for hydroxylation is 1. The largest absolute Gasteiger partial charge is 0.384 e. The number of nitrogens with two attached hydrogens (primary N) is 1. The Kier molecular flexibility index (Phi) is 2.63. The van der Waals surface area contributed by atoms with Gasteiger partial charge in [-0.15, -0.1) is 0 Å². The summed E-state index contributed by atoms with van der Waals surface area (Å²) in [5.41, 5.74) is 8.55. The van der Waals surface area contributed by atoms with E-state index in [1.54, 1.807) is 0 Å². The molecule has 2 N–H and O–H groups in total. The van der Waals surface area contributed by atoms with Gasteiger partial charge in [-0.2, -0.15) is 0 Å². The minimum Gasteiger partial charge on any atom is -0.384 e. The Labute approximate surface area is 106 Å². The molecule has 2 aromatic rings. The number of hydrogen-bond acceptors (Lipinski definition) is 4. The van der Waals surface area contributed by atoms with Gasteiger partial charge in [-0.05, 0) is 24.0 Å². The molecular formula is C14H16N4. The van der Waals surface area contributed by atoms with Crippen molar-refractivity contribution < 1.29 is 0 Å². The minimum absolute atomic E-state index is 0.385. The van der Waals surface area contributed by atoms with Crippen molar-refractivity contribution in [2.45, 2.75) is 18.9 Å². The molecular weight excluding hydrogens is 224 g/mol. The second-order valence-electron chi connectivity index (χ2n) is 4.67. The Morgan fingerprint density at radius 1 is 1.28 bits per heavy atom. The predicted molar refractivity (Wildman–Crippen MR) is 72.4 cm³/mol. The molecule has 0 saturated heterocycles. The zero-order valence-electron chi connectivity index (χ0n) is 10.4. The van der Waals surface area contributed by atoms with Crippen LogP contribution in [-0.2, 0) is 6.42 Å². The number of benzene rings is 1. The molecule has 1 aliphatic carbocycles. The monoisotopic (exact) mass is 240 g/mol. The lowest BCUT2D eigenvalue weighted by molar-refractivity contribution is 0.654. The lowest BCUT2D eigenvalue weighted by Crippen LogP contribution is -2.23. The molecule has 1 aromatic heterocycles. The molecule has 1 aliphatic rings. The van der Waals surface area contributed by atoms with Gasteiger partial charge in [-0.25, -0.2) is 9.97 Å². The van der Waals surface area contributed by atoms with E-state index in [-0.39, 0.29) is 0 Å². The highest BCUT2D eigenvalue weighted by molar-refractivity contribution is 5.49. The van der Waals surface area contributed by atoms with Gasteiger partial charge in [0.15, 0.2) is 0 Å². The summed E-state index contributed by atoms with van der Waals surface area (Å²) in [6.07, 6.45) is 3.77. The highest BCUT2D eigenvalue weighted by atomic mass is 15.2. The van der Waals surface area contributed by atoms with Crippen LogP contribution in [0, 0.1) is 0 Å². The van der Waals surface area contributed by atoms with E-state index < -0.39 is 0 Å². The zero-order valence-corrected chi connectivity index (χ0v) is 10.4. The SMILES string of the molecule is CN(c1cc(N)ncn1)C1CCc2ccccc21. The first kappa shape index (κ1) is 11.0. The van der Waals surface area contributed by atoms with E-state index in [1.807, 2.05) is 6.07 Å². The fourth-order valence-corrected chi connectivity index (χ4v) is 2.65. The van der Waals surface area contributed by atoms with Crippen LogP contribution in [0.3, 0.4) is 0 Å². The van der Waals surface area contributed by atoms with E-state index in [2.05, 4.69) is 46.2 Å². The van der Waals surface area contributed by atoms with Gasteiger partial charge in [0, 0.05) is 13.1 Å². The van der Waals surface area contributed by atoms with Crippen LogP contribution in [-0.4, -0.2) is 17.0 Å². The highest BCUT2D eigenvalue weighted by Crippen LogP contribution is 2.36. The van der Waals surface area contributed by atoms with Gasteiger partial charge in [0.25, 0.3) is 0 Å². The first-order valence-corrected chi connectivity index (χ1v) is 6.14. The zero-order chi connectivity index (χ0) is 12.5. The summed E-state index contributed by atoms with van der Waals surface area (Å²) in [4.78, 5) is 10.4. The number of fused-ring (bicyclic) bond motifs is 1. The molecule has 1 atom stereocenters. The van der Waals surface area contributed by atoms with Gasteiger partial charge in [0.05, 0.1) is 6.04 Å². The van der Waals surface area contributed by atoms with Crippen LogP contribution >= 0.6 is 0 Å². The smallest absolute Gasteiger partial charge is 0.134 e. The molecule has 0 saturated carbocycles. The lowest BCUT2D eigenvalue weighted by atomic mass is 10.1. The summed E-state index contributed by atoms with van der Waals surface area (Å²) in [7, 11) is 2.06. The Morgan fingerprint density at radius 2 is 2.11 bits per heavy atom. The molecule has 92 valence electrons. The van der Waals surface area contributed by atoms with E-state index in [4.69, 9.17) is 5.73 Å². The van der Waals surface area contributed by atoms with Crippen LogP contribution in [0.4, 0.5) is 11.6 Å². The first-order chi connectivity index (χ1) is 8.75. The van der Waals surface area contributed by atoms with Crippen molar-refractivity contribution in [3.05, 3.63) is 47.8 Å². The second-order valence-corrected chi connectivity index (χ2v) is 4.67. The van der Waals surface area contributed by atoms with Crippen molar-refractivity contribution in [3.8, 4) is 0 Å². The van der Waals surface area contributed by atoms with Crippen LogP contribution in [0.5, 0.6) is 0 Å². The Balaban J connectivity index is 1.93. The van der Waals surface area contributed by atoms with Crippen molar-refractivity contribution in [1.29, 1.82) is 0 Å². The van der Waals surface area contributed by atoms with Crippen LogP contribution in [0.25, 0.3) is 0 Å². The molecule has 0 radical (unpaired) electrons. The summed E-state index contributed by atoms with van der Waals surface area (Å²) in [5, 5.41) is 0. The maximum Gasteiger partial charge on any atom is 0.134 e. The van der Waals surface area contributed by atoms with Crippen molar-refractivity contribution in [3.63, 3.8) is 0 Å². The maximum absolute atomic E-state index is 5.71. The molecule has 0 amide bonds. The summed E-state index contributed by atoms with van der Waals surface area (Å²) < 4.78 is 0. The predicted octanol–water partition coefficient (Wildman–Crippen LogP) is 2.18. The Hall–Kier alpha value is -2.10. The number of nitrogens with zero attached hydrogens (tertiary/aromatic N) is 3. The number of hydrogen-bond donors (Lipinski definition) is 1. The Bertz CT molecular complexity index is 567. The third-order valence-corrected chi connectivity index (χ3v) is 3.60. The van der Waals surface area contributed by atoms with E-state index in [0.29, 0.717) is 11.9 Å². The van der Waals surface area contributed by atoms with Crippen molar-refractivity contribution in [2.24, 2.45) is 0 Å². The van der Waals surface area contributed by atoms with Crippen molar-refractivity contribution in [1.82, 2.24) is 9.97 Å². The van der Waals surface area contributed by atoms with Crippen LogP contribution in [0.15, 0.2) is 36.7 Å². The molecule has 18 heavy (non-hydrogen) atoms. The highest BCUT2D eigenvalue weighted by Gasteiger charge is 2.26. The van der Waals surface area contributed by atoms with Gasteiger partial charge in [0.1, 0.15) is 18.0 Å². The standard InChI is InChI=1S/C14H16N4/c1-18(14-8-13(15)16-9-17-14)12-7-6-10-4-2-3-5-11(10)12/h2-5,8-9,12H,6-7H2,1H3,(H2,15,16,17). The van der Waals surface area contributed by atoms with E-state index >= 15 is 0 Å². The molecule has 1 heterocycles. The molecule has 3 rings (SSSR count). The van der Waals surface area contributed by atoms with E-state index in [9.17, 15) is 0 Å². The van der Waals surface area contributed by atoms with E-state index in [1.165, 1.54) is 17.5 Å². The molecule has 0 spiro atoms. The van der Waals surface area contributed by atoms with Crippen LogP contribution < -0.4 is 10.6 Å². The number of rotatable bonds is 2. The van der Waals surface area contributed by atoms with Gasteiger partial charge >= 0.3 is 0 Å². The summed E-state index contributed by atoms with van der Waals surface area (Å²) in [6.45, 7) is 0. The van der Waals surface area contributed by atoms with Crippen LogP contribution in [0.2, 0.25) is 0 Å². The van der Waals surface area contributed by atoms with Gasteiger partial charge in [-0.1, -0.05) is 24.3 Å². The summed E-state index contributed by atoms with van der Waals surface area (Å²) >= 11 is 0. The number of nitrogen functional groups attached to an aromatic ring is 1. The maximum atomic E-state index is 5.71. The molecule has 0 bridgehead atoms. The number of aromatic nitrogens is 2. The molecule has 0 fully saturated rings. The van der Waals surface area contributed by atoms with Gasteiger partial charge < -0.3 is 10.6 Å². The third-order valence-electron chi connectivity index (χ3n) is 3.60. The molecule has 4 nitrogen and oxygen atoms in total. The van der Waals surface area contributed by atoms with Gasteiger partial charge in [0.2, 0.25) is 0 Å². The Morgan fingerprint density at radius 3 is 2.94 bits per heavy atom. The fraction of sp³-hybridized carbons (Fsp3) is 0.286. The third kappa shape index (κ3) is 1.79.